The highest BCUT2D eigenvalue weighted by atomic mass is 16.5. The Morgan fingerprint density at radius 1 is 1.17 bits per heavy atom. The molecule has 0 aliphatic rings. The van der Waals surface area contributed by atoms with Crippen molar-refractivity contribution in [2.45, 2.75) is 20.0 Å². The van der Waals surface area contributed by atoms with Gasteiger partial charge in [-0.15, -0.1) is 0 Å². The summed E-state index contributed by atoms with van der Waals surface area (Å²) < 4.78 is 10.5. The molecule has 0 aliphatic carbocycles. The topological polar surface area (TPSA) is 80.6 Å². The van der Waals surface area contributed by atoms with Crippen molar-refractivity contribution in [2.24, 2.45) is 0 Å². The minimum Gasteiger partial charge on any atom is -0.467 e. The van der Waals surface area contributed by atoms with Gasteiger partial charge in [0.2, 0.25) is 0 Å². The monoisotopic (exact) mass is 316 g/mol. The summed E-state index contributed by atoms with van der Waals surface area (Å²) in [6.45, 7) is 3.97. The summed E-state index contributed by atoms with van der Waals surface area (Å²) in [5, 5.41) is 5.15. The third kappa shape index (κ3) is 4.20. The van der Waals surface area contributed by atoms with Gasteiger partial charge < -0.3 is 19.8 Å². The van der Waals surface area contributed by atoms with Crippen LogP contribution < -0.4 is 10.6 Å². The highest BCUT2D eigenvalue weighted by Gasteiger charge is 2.19. The van der Waals surface area contributed by atoms with Crippen molar-refractivity contribution in [1.29, 1.82) is 0 Å². The first-order chi connectivity index (χ1) is 11.0. The zero-order valence-corrected chi connectivity index (χ0v) is 13.4. The van der Waals surface area contributed by atoms with Crippen LogP contribution in [0.25, 0.3) is 0 Å². The van der Waals surface area contributed by atoms with Crippen LogP contribution >= 0.6 is 0 Å². The summed E-state index contributed by atoms with van der Waals surface area (Å²) >= 11 is 0. The maximum absolute atomic E-state index is 12.0. The maximum atomic E-state index is 12.0. The van der Waals surface area contributed by atoms with Gasteiger partial charge >= 0.3 is 11.8 Å². The van der Waals surface area contributed by atoms with Crippen LogP contribution in [0.5, 0.6) is 0 Å². The molecule has 0 bridgehead atoms. The van der Waals surface area contributed by atoms with Crippen LogP contribution in [-0.2, 0) is 14.3 Å². The van der Waals surface area contributed by atoms with E-state index in [2.05, 4.69) is 10.6 Å². The van der Waals surface area contributed by atoms with Gasteiger partial charge in [0.05, 0.1) is 12.8 Å². The molecule has 0 saturated heterocycles. The van der Waals surface area contributed by atoms with Gasteiger partial charge in [0.1, 0.15) is 11.9 Å². The average Bonchev–Trinajstić information content (AvgIpc) is 3.06. The molecule has 1 aromatic carbocycles. The number of hydrogen-bond acceptors (Lipinski definition) is 4. The SMILES string of the molecule is CO[C@@H](CNC(=O)C(=O)Nc1cccc(C)c1C)c1ccco1. The Hall–Kier alpha value is -2.60. The Morgan fingerprint density at radius 3 is 2.61 bits per heavy atom. The van der Waals surface area contributed by atoms with Crippen LogP contribution in [0.2, 0.25) is 0 Å². The van der Waals surface area contributed by atoms with Crippen molar-refractivity contribution >= 4 is 17.5 Å². The van der Waals surface area contributed by atoms with E-state index in [-0.39, 0.29) is 6.54 Å². The van der Waals surface area contributed by atoms with Gasteiger partial charge in [-0.1, -0.05) is 12.1 Å². The number of aryl methyl sites for hydroxylation is 1. The average molecular weight is 316 g/mol. The molecule has 1 heterocycles. The third-order valence-electron chi connectivity index (χ3n) is 3.65. The summed E-state index contributed by atoms with van der Waals surface area (Å²) in [6.07, 6.45) is 1.08. The Labute approximate surface area is 134 Å². The highest BCUT2D eigenvalue weighted by molar-refractivity contribution is 6.39. The van der Waals surface area contributed by atoms with Crippen molar-refractivity contribution in [3.05, 3.63) is 53.5 Å². The Morgan fingerprint density at radius 2 is 1.96 bits per heavy atom. The number of carbonyl (C=O) groups excluding carboxylic acids is 2. The van der Waals surface area contributed by atoms with Crippen LogP contribution in [0.4, 0.5) is 5.69 Å². The number of carbonyl (C=O) groups is 2. The number of anilines is 1. The molecule has 0 unspecified atom stereocenters. The van der Waals surface area contributed by atoms with E-state index in [1.807, 2.05) is 26.0 Å². The van der Waals surface area contributed by atoms with E-state index >= 15 is 0 Å². The fourth-order valence-corrected chi connectivity index (χ4v) is 2.11. The minimum absolute atomic E-state index is 0.142. The lowest BCUT2D eigenvalue weighted by Crippen LogP contribution is -2.38. The molecule has 23 heavy (non-hydrogen) atoms. The molecule has 122 valence electrons. The second kappa shape index (κ2) is 7.60. The van der Waals surface area contributed by atoms with Crippen LogP contribution in [0.15, 0.2) is 41.0 Å². The molecule has 2 N–H and O–H groups in total. The van der Waals surface area contributed by atoms with Crippen LogP contribution in [0, 0.1) is 13.8 Å². The first-order valence-electron chi connectivity index (χ1n) is 7.24. The normalized spacial score (nSPS) is 11.8. The van der Waals surface area contributed by atoms with Crippen LogP contribution in [-0.4, -0.2) is 25.5 Å². The summed E-state index contributed by atoms with van der Waals surface area (Å²) in [4.78, 5) is 23.9. The molecular weight excluding hydrogens is 296 g/mol. The van der Waals surface area contributed by atoms with E-state index in [1.54, 1.807) is 18.2 Å². The molecule has 6 heteroatoms. The van der Waals surface area contributed by atoms with Crippen LogP contribution in [0.1, 0.15) is 23.0 Å². The highest BCUT2D eigenvalue weighted by Crippen LogP contribution is 2.18. The smallest absolute Gasteiger partial charge is 0.313 e. The van der Waals surface area contributed by atoms with Gasteiger partial charge in [-0.05, 0) is 43.2 Å². The van der Waals surface area contributed by atoms with Crippen molar-refractivity contribution in [1.82, 2.24) is 5.32 Å². The van der Waals surface area contributed by atoms with Gasteiger partial charge in [-0.2, -0.15) is 0 Å². The molecule has 1 atom stereocenters. The number of furan rings is 1. The van der Waals surface area contributed by atoms with E-state index in [9.17, 15) is 9.59 Å². The number of nitrogens with one attached hydrogen (secondary N) is 2. The Bertz CT molecular complexity index is 680. The molecule has 2 aromatic rings. The first-order valence-corrected chi connectivity index (χ1v) is 7.24. The number of rotatable bonds is 5. The molecule has 2 rings (SSSR count). The van der Waals surface area contributed by atoms with Crippen molar-refractivity contribution in [3.63, 3.8) is 0 Å². The van der Waals surface area contributed by atoms with E-state index in [0.29, 0.717) is 11.4 Å². The molecule has 6 nitrogen and oxygen atoms in total. The maximum Gasteiger partial charge on any atom is 0.313 e. The van der Waals surface area contributed by atoms with Crippen LogP contribution in [0.3, 0.4) is 0 Å². The second-order valence-electron chi connectivity index (χ2n) is 5.15. The van der Waals surface area contributed by atoms with Gasteiger partial charge in [0, 0.05) is 12.8 Å². The number of ether oxygens (including phenoxy) is 1. The van der Waals surface area contributed by atoms with Gasteiger partial charge in [-0.3, -0.25) is 9.59 Å². The molecule has 0 radical (unpaired) electrons. The number of methoxy groups -OCH3 is 1. The van der Waals surface area contributed by atoms with Gasteiger partial charge in [-0.25, -0.2) is 0 Å². The molecule has 0 spiro atoms. The fourth-order valence-electron chi connectivity index (χ4n) is 2.11. The molecule has 2 amide bonds. The van der Waals surface area contributed by atoms with Crippen molar-refractivity contribution < 1.29 is 18.7 Å². The first kappa shape index (κ1) is 16.8. The predicted octanol–water partition coefficient (Wildman–Crippen LogP) is 2.34. The summed E-state index contributed by atoms with van der Waals surface area (Å²) in [7, 11) is 1.51. The van der Waals surface area contributed by atoms with Crippen molar-refractivity contribution in [3.8, 4) is 0 Å². The van der Waals surface area contributed by atoms with Gasteiger partial charge in [0.25, 0.3) is 0 Å². The quantitative estimate of drug-likeness (QED) is 0.830. The summed E-state index contributed by atoms with van der Waals surface area (Å²) in [5.74, 6) is -0.852. The Balaban J connectivity index is 1.92. The predicted molar refractivity (Wildman–Crippen MR) is 86.0 cm³/mol. The molecule has 0 aliphatic heterocycles. The molecule has 1 aromatic heterocycles. The minimum atomic E-state index is -0.723. The standard InChI is InChI=1S/C17H20N2O4/c1-11-6-4-7-13(12(11)2)19-17(21)16(20)18-10-15(22-3)14-8-5-9-23-14/h4-9,15H,10H2,1-3H3,(H,18,20)(H,19,21)/t15-/m0/s1. The zero-order chi connectivity index (χ0) is 16.8. The summed E-state index contributed by atoms with van der Waals surface area (Å²) in [5.41, 5.74) is 2.60. The summed E-state index contributed by atoms with van der Waals surface area (Å²) in [6, 6.07) is 9.01. The molecular formula is C17H20N2O4. The second-order valence-corrected chi connectivity index (χ2v) is 5.15. The lowest BCUT2D eigenvalue weighted by molar-refractivity contribution is -0.136. The van der Waals surface area contributed by atoms with Crippen molar-refractivity contribution in [2.75, 3.05) is 19.0 Å². The lowest BCUT2D eigenvalue weighted by Gasteiger charge is -2.14. The number of amides is 2. The van der Waals surface area contributed by atoms with Gasteiger partial charge in [0.15, 0.2) is 0 Å². The molecule has 0 fully saturated rings. The molecule has 0 saturated carbocycles. The van der Waals surface area contributed by atoms with E-state index < -0.39 is 17.9 Å². The number of hydrogen-bond donors (Lipinski definition) is 2. The van der Waals surface area contributed by atoms with E-state index in [1.165, 1.54) is 13.4 Å². The van der Waals surface area contributed by atoms with E-state index in [0.717, 1.165) is 11.1 Å². The third-order valence-corrected chi connectivity index (χ3v) is 3.65. The fraction of sp³-hybridized carbons (Fsp3) is 0.294. The van der Waals surface area contributed by atoms with E-state index in [4.69, 9.17) is 9.15 Å². The lowest BCUT2D eigenvalue weighted by atomic mass is 10.1. The largest absolute Gasteiger partial charge is 0.467 e. The number of benzene rings is 1. The Kier molecular flexibility index (Phi) is 5.54. The zero-order valence-electron chi connectivity index (χ0n) is 13.4.